The van der Waals surface area contributed by atoms with Gasteiger partial charge >= 0.3 is 6.09 Å². The number of ether oxygens (including phenoxy) is 1. The molecule has 25 heavy (non-hydrogen) atoms. The molecule has 1 amide bonds. The molecule has 7 heteroatoms. The number of hydrogen-bond acceptors (Lipinski definition) is 5. The van der Waals surface area contributed by atoms with Crippen molar-refractivity contribution in [1.82, 2.24) is 9.80 Å². The lowest BCUT2D eigenvalue weighted by Gasteiger charge is -2.35. The second-order valence-corrected chi connectivity index (χ2v) is 7.39. The lowest BCUT2D eigenvalue weighted by molar-refractivity contribution is 0.0139. The second-order valence-electron chi connectivity index (χ2n) is 7.39. The van der Waals surface area contributed by atoms with Gasteiger partial charge in [0.05, 0.1) is 0 Å². The van der Waals surface area contributed by atoms with E-state index in [1.807, 2.05) is 45.9 Å². The molecule has 0 aliphatic carbocycles. The van der Waals surface area contributed by atoms with Gasteiger partial charge in [0.25, 0.3) is 0 Å². The fraction of sp³-hybridized carbons (Fsp3) is 0.556. The molecule has 0 aromatic heterocycles. The number of oxime groups is 1. The predicted molar refractivity (Wildman–Crippen MR) is 96.8 cm³/mol. The van der Waals surface area contributed by atoms with Crippen LogP contribution in [0.15, 0.2) is 23.4 Å². The molecule has 1 aliphatic rings. The van der Waals surface area contributed by atoms with Crippen LogP contribution in [0, 0.1) is 6.92 Å². The van der Waals surface area contributed by atoms with Gasteiger partial charge in [-0.05, 0) is 39.3 Å². The molecule has 0 atom stereocenters. The van der Waals surface area contributed by atoms with Crippen LogP contribution < -0.4 is 5.73 Å². The maximum Gasteiger partial charge on any atom is 0.410 e. The van der Waals surface area contributed by atoms with Gasteiger partial charge in [-0.1, -0.05) is 22.9 Å². The Morgan fingerprint density at radius 2 is 1.92 bits per heavy atom. The lowest BCUT2D eigenvalue weighted by atomic mass is 10.0. The van der Waals surface area contributed by atoms with E-state index in [1.165, 1.54) is 0 Å². The zero-order valence-electron chi connectivity index (χ0n) is 15.5. The molecule has 0 saturated carbocycles. The highest BCUT2D eigenvalue weighted by atomic mass is 16.6. The van der Waals surface area contributed by atoms with Crippen LogP contribution in [-0.4, -0.2) is 58.7 Å². The van der Waals surface area contributed by atoms with E-state index in [1.54, 1.807) is 4.90 Å². The van der Waals surface area contributed by atoms with Crippen molar-refractivity contribution in [3.8, 4) is 0 Å². The topological polar surface area (TPSA) is 91.4 Å². The third-order valence-corrected chi connectivity index (χ3v) is 4.07. The number of hydrogen-bond donors (Lipinski definition) is 2. The van der Waals surface area contributed by atoms with Crippen LogP contribution in [0.25, 0.3) is 0 Å². The van der Waals surface area contributed by atoms with Gasteiger partial charge in [0, 0.05) is 38.3 Å². The van der Waals surface area contributed by atoms with Gasteiger partial charge in [0.2, 0.25) is 0 Å². The summed E-state index contributed by atoms with van der Waals surface area (Å²) in [6.07, 6.45) is -0.264. The monoisotopic (exact) mass is 348 g/mol. The molecule has 1 saturated heterocycles. The number of piperazine rings is 1. The van der Waals surface area contributed by atoms with Gasteiger partial charge in [0.15, 0.2) is 5.84 Å². The van der Waals surface area contributed by atoms with E-state index in [0.717, 1.165) is 29.8 Å². The largest absolute Gasteiger partial charge is 0.444 e. The minimum absolute atomic E-state index is 0.117. The average Bonchev–Trinajstić information content (AvgIpc) is 2.54. The Kier molecular flexibility index (Phi) is 5.89. The Labute approximate surface area is 149 Å². The Morgan fingerprint density at radius 1 is 1.28 bits per heavy atom. The number of amidine groups is 1. The minimum atomic E-state index is -0.480. The van der Waals surface area contributed by atoms with Crippen molar-refractivity contribution in [2.45, 2.75) is 39.8 Å². The molecule has 1 heterocycles. The molecular formula is C18H28N4O3. The van der Waals surface area contributed by atoms with Crippen molar-refractivity contribution in [3.05, 3.63) is 34.9 Å². The smallest absolute Gasteiger partial charge is 0.410 e. The number of rotatable bonds is 3. The quantitative estimate of drug-likeness (QED) is 0.378. The van der Waals surface area contributed by atoms with Crippen molar-refractivity contribution >= 4 is 11.9 Å². The summed E-state index contributed by atoms with van der Waals surface area (Å²) in [5.41, 5.74) is 8.13. The van der Waals surface area contributed by atoms with Crippen molar-refractivity contribution in [3.63, 3.8) is 0 Å². The maximum absolute atomic E-state index is 12.1. The summed E-state index contributed by atoms with van der Waals surface area (Å²) in [7, 11) is 0. The number of benzene rings is 1. The zero-order chi connectivity index (χ0) is 18.6. The Morgan fingerprint density at radius 3 is 2.48 bits per heavy atom. The number of carbonyl (C=O) groups is 1. The van der Waals surface area contributed by atoms with E-state index >= 15 is 0 Å². The molecule has 1 aromatic carbocycles. The fourth-order valence-corrected chi connectivity index (χ4v) is 2.78. The summed E-state index contributed by atoms with van der Waals surface area (Å²) in [5, 5.41) is 12.1. The summed E-state index contributed by atoms with van der Waals surface area (Å²) < 4.78 is 5.42. The van der Waals surface area contributed by atoms with E-state index in [-0.39, 0.29) is 11.9 Å². The fourth-order valence-electron chi connectivity index (χ4n) is 2.78. The Balaban J connectivity index is 1.98. The summed E-state index contributed by atoms with van der Waals surface area (Å²) in [6, 6.07) is 5.94. The maximum atomic E-state index is 12.1. The molecule has 7 nitrogen and oxygen atoms in total. The number of nitrogens with two attached hydrogens (primary N) is 1. The van der Waals surface area contributed by atoms with Crippen LogP contribution in [0.1, 0.15) is 37.5 Å². The first-order valence-corrected chi connectivity index (χ1v) is 8.47. The van der Waals surface area contributed by atoms with Crippen LogP contribution in [0.5, 0.6) is 0 Å². The van der Waals surface area contributed by atoms with Crippen molar-refractivity contribution < 1.29 is 14.7 Å². The van der Waals surface area contributed by atoms with E-state index in [4.69, 9.17) is 15.7 Å². The Bertz CT molecular complexity index is 644. The summed E-state index contributed by atoms with van der Waals surface area (Å²) >= 11 is 0. The molecule has 138 valence electrons. The summed E-state index contributed by atoms with van der Waals surface area (Å²) in [6.45, 7) is 11.0. The van der Waals surface area contributed by atoms with E-state index in [9.17, 15) is 4.79 Å². The van der Waals surface area contributed by atoms with Gasteiger partial charge in [-0.3, -0.25) is 4.90 Å². The van der Waals surface area contributed by atoms with E-state index in [0.29, 0.717) is 19.6 Å². The van der Waals surface area contributed by atoms with Crippen molar-refractivity contribution in [2.75, 3.05) is 26.2 Å². The first kappa shape index (κ1) is 19.1. The third-order valence-electron chi connectivity index (χ3n) is 4.07. The molecule has 0 bridgehead atoms. The highest BCUT2D eigenvalue weighted by molar-refractivity contribution is 5.98. The van der Waals surface area contributed by atoms with Crippen LogP contribution in [0.4, 0.5) is 4.79 Å². The highest BCUT2D eigenvalue weighted by Crippen LogP contribution is 2.17. The van der Waals surface area contributed by atoms with Gasteiger partial charge in [-0.15, -0.1) is 0 Å². The molecule has 1 aliphatic heterocycles. The second kappa shape index (κ2) is 7.74. The highest BCUT2D eigenvalue weighted by Gasteiger charge is 2.26. The van der Waals surface area contributed by atoms with Crippen LogP contribution >= 0.6 is 0 Å². The summed E-state index contributed by atoms with van der Waals surface area (Å²) in [5.74, 6) is 0.117. The molecule has 1 aromatic rings. The number of amides is 1. The summed E-state index contributed by atoms with van der Waals surface area (Å²) in [4.78, 5) is 16.1. The molecular weight excluding hydrogens is 320 g/mol. The molecule has 0 radical (unpaired) electrons. The SMILES string of the molecule is Cc1ccc(CN2CCN(C(=O)OC(C)(C)C)CC2)c(/C(N)=N/O)c1. The van der Waals surface area contributed by atoms with E-state index in [2.05, 4.69) is 10.1 Å². The third kappa shape index (κ3) is 5.35. The van der Waals surface area contributed by atoms with Crippen molar-refractivity contribution in [2.24, 2.45) is 10.9 Å². The number of carbonyl (C=O) groups excluding carboxylic acids is 1. The van der Waals surface area contributed by atoms with Crippen LogP contribution in [0.3, 0.4) is 0 Å². The molecule has 2 rings (SSSR count). The van der Waals surface area contributed by atoms with Crippen LogP contribution in [-0.2, 0) is 11.3 Å². The minimum Gasteiger partial charge on any atom is -0.444 e. The van der Waals surface area contributed by atoms with Crippen LogP contribution in [0.2, 0.25) is 0 Å². The molecule has 3 N–H and O–H groups in total. The molecule has 0 spiro atoms. The number of nitrogens with zero attached hydrogens (tertiary/aromatic N) is 3. The van der Waals surface area contributed by atoms with Gasteiger partial charge in [-0.25, -0.2) is 4.79 Å². The first-order chi connectivity index (χ1) is 11.7. The van der Waals surface area contributed by atoms with Gasteiger partial charge < -0.3 is 20.6 Å². The Hall–Kier alpha value is -2.28. The molecule has 1 fully saturated rings. The van der Waals surface area contributed by atoms with Gasteiger partial charge in [-0.2, -0.15) is 0 Å². The lowest BCUT2D eigenvalue weighted by Crippen LogP contribution is -2.49. The standard InChI is InChI=1S/C18H28N4O3/c1-13-5-6-14(15(11-13)16(19)20-24)12-21-7-9-22(10-8-21)17(23)25-18(2,3)4/h5-6,11,24H,7-10,12H2,1-4H3,(H2,19,20). The number of aryl methyl sites for hydroxylation is 1. The normalized spacial score (nSPS) is 16.8. The zero-order valence-corrected chi connectivity index (χ0v) is 15.5. The first-order valence-electron chi connectivity index (χ1n) is 8.47. The van der Waals surface area contributed by atoms with Crippen molar-refractivity contribution in [1.29, 1.82) is 0 Å². The van der Waals surface area contributed by atoms with Gasteiger partial charge in [0.1, 0.15) is 5.60 Å². The predicted octanol–water partition coefficient (Wildman–Crippen LogP) is 2.14. The molecule has 0 unspecified atom stereocenters. The van der Waals surface area contributed by atoms with E-state index < -0.39 is 5.60 Å². The average molecular weight is 348 g/mol.